The molecule has 2 N–H and O–H groups in total. The molecule has 186 valence electrons. The van der Waals surface area contributed by atoms with Gasteiger partial charge in [-0.05, 0) is 60.9 Å². The number of hydrogen-bond donors (Lipinski definition) is 2. The number of amides is 2. The molecule has 0 aliphatic carbocycles. The van der Waals surface area contributed by atoms with Gasteiger partial charge in [-0.2, -0.15) is 0 Å². The number of halogens is 3. The van der Waals surface area contributed by atoms with Crippen molar-refractivity contribution in [3.63, 3.8) is 0 Å². The molecule has 0 bridgehead atoms. The van der Waals surface area contributed by atoms with Crippen molar-refractivity contribution >= 4 is 17.6 Å². The molecule has 0 radical (unpaired) electrons. The number of nitrogens with one attached hydrogen (secondary N) is 2. The van der Waals surface area contributed by atoms with Crippen molar-refractivity contribution in [1.29, 1.82) is 0 Å². The summed E-state index contributed by atoms with van der Waals surface area (Å²) in [7, 11) is 0. The molecule has 4 aliphatic rings. The van der Waals surface area contributed by atoms with E-state index in [1.165, 1.54) is 17.7 Å². The Labute approximate surface area is 200 Å². The Bertz CT molecular complexity index is 1100. The van der Waals surface area contributed by atoms with E-state index in [-0.39, 0.29) is 35.6 Å². The first-order valence-electron chi connectivity index (χ1n) is 11.6. The average Bonchev–Trinajstić information content (AvgIpc) is 3.20. The lowest BCUT2D eigenvalue weighted by Gasteiger charge is -2.38. The highest BCUT2D eigenvalue weighted by Gasteiger charge is 2.39. The van der Waals surface area contributed by atoms with Gasteiger partial charge in [0.2, 0.25) is 5.91 Å². The number of ether oxygens (including phenoxy) is 1. The zero-order valence-electron chi connectivity index (χ0n) is 19.1. The topological polar surface area (TPSA) is 86.3 Å². The molecule has 2 fully saturated rings. The standard InChI is InChI=1S/C24H26F3N5O3/c1-14(33)32-12-17(13-32)21-29-20-19(6-9-28-22(20)30-21)15-7-10-31(11-8-15)23(34)16-2-4-18(5-3-16)35-24(25,26)27/h2-6,9,15,17,22,28H,7-8,10-13H2,1H3,(H,29,30). The monoisotopic (exact) mass is 489 g/mol. The highest BCUT2D eigenvalue weighted by atomic mass is 19.4. The third kappa shape index (κ3) is 4.85. The maximum Gasteiger partial charge on any atom is 0.573 e. The van der Waals surface area contributed by atoms with Crippen LogP contribution >= 0.6 is 0 Å². The van der Waals surface area contributed by atoms with E-state index >= 15 is 0 Å². The number of piperidine rings is 1. The molecule has 0 aromatic heterocycles. The zero-order chi connectivity index (χ0) is 24.7. The number of carbonyl (C=O) groups is 2. The molecule has 4 heterocycles. The summed E-state index contributed by atoms with van der Waals surface area (Å²) in [4.78, 5) is 32.7. The summed E-state index contributed by atoms with van der Waals surface area (Å²) in [5.41, 5.74) is 2.54. The van der Waals surface area contributed by atoms with Gasteiger partial charge in [0.15, 0.2) is 6.17 Å². The second-order valence-electron chi connectivity index (χ2n) is 9.17. The second kappa shape index (κ2) is 8.94. The molecular weight excluding hydrogens is 463 g/mol. The molecule has 2 saturated heterocycles. The van der Waals surface area contributed by atoms with Crippen molar-refractivity contribution in [2.45, 2.75) is 32.3 Å². The fourth-order valence-electron chi connectivity index (χ4n) is 4.96. The number of rotatable bonds is 4. The Kier molecular flexibility index (Phi) is 5.94. The lowest BCUT2D eigenvalue weighted by Crippen LogP contribution is -2.54. The summed E-state index contributed by atoms with van der Waals surface area (Å²) in [6.07, 6.45) is 0.584. The molecule has 0 spiro atoms. The highest BCUT2D eigenvalue weighted by molar-refractivity contribution is 5.94. The minimum atomic E-state index is -4.77. The van der Waals surface area contributed by atoms with Gasteiger partial charge < -0.3 is 25.2 Å². The number of allylic oxidation sites excluding steroid dienone is 2. The van der Waals surface area contributed by atoms with E-state index in [1.807, 2.05) is 6.20 Å². The van der Waals surface area contributed by atoms with Crippen LogP contribution in [0.1, 0.15) is 30.1 Å². The van der Waals surface area contributed by atoms with Crippen LogP contribution in [0.5, 0.6) is 5.75 Å². The predicted octanol–water partition coefficient (Wildman–Crippen LogP) is 2.61. The average molecular weight is 489 g/mol. The molecule has 2 amide bonds. The number of fused-ring (bicyclic) bond motifs is 1. The van der Waals surface area contributed by atoms with Crippen LogP contribution in [-0.2, 0) is 4.79 Å². The van der Waals surface area contributed by atoms with Gasteiger partial charge >= 0.3 is 6.36 Å². The Morgan fingerprint density at radius 1 is 1.06 bits per heavy atom. The molecular formula is C24H26F3N5O3. The second-order valence-corrected chi connectivity index (χ2v) is 9.17. The van der Waals surface area contributed by atoms with Crippen LogP contribution in [-0.4, -0.2) is 66.2 Å². The van der Waals surface area contributed by atoms with Crippen molar-refractivity contribution in [1.82, 2.24) is 20.4 Å². The lowest BCUT2D eigenvalue weighted by atomic mass is 9.86. The summed E-state index contributed by atoms with van der Waals surface area (Å²) in [5, 5.41) is 6.76. The van der Waals surface area contributed by atoms with E-state index in [0.717, 1.165) is 36.5 Å². The fraction of sp³-hybridized carbons (Fsp3) is 0.458. The molecule has 35 heavy (non-hydrogen) atoms. The van der Waals surface area contributed by atoms with Crippen LogP contribution < -0.4 is 15.4 Å². The van der Waals surface area contributed by atoms with Crippen LogP contribution in [0.25, 0.3) is 0 Å². The molecule has 0 saturated carbocycles. The molecule has 1 unspecified atom stereocenters. The van der Waals surface area contributed by atoms with Crippen LogP contribution in [0.4, 0.5) is 13.2 Å². The molecule has 1 atom stereocenters. The third-order valence-corrected chi connectivity index (χ3v) is 6.90. The normalized spacial score (nSPS) is 22.7. The van der Waals surface area contributed by atoms with Gasteiger partial charge in [-0.25, -0.2) is 4.99 Å². The van der Waals surface area contributed by atoms with Gasteiger partial charge in [0, 0.05) is 38.7 Å². The lowest BCUT2D eigenvalue weighted by molar-refractivity contribution is -0.274. The zero-order valence-corrected chi connectivity index (χ0v) is 19.1. The number of hydrogen-bond acceptors (Lipinski definition) is 6. The summed E-state index contributed by atoms with van der Waals surface area (Å²) in [5.74, 6) is 0.894. The largest absolute Gasteiger partial charge is 0.573 e. The van der Waals surface area contributed by atoms with E-state index in [0.29, 0.717) is 31.7 Å². The first-order chi connectivity index (χ1) is 16.7. The van der Waals surface area contributed by atoms with Gasteiger partial charge in [-0.15, -0.1) is 13.2 Å². The van der Waals surface area contributed by atoms with E-state index in [9.17, 15) is 22.8 Å². The van der Waals surface area contributed by atoms with Crippen molar-refractivity contribution in [3.8, 4) is 5.75 Å². The Balaban J connectivity index is 1.19. The maximum atomic E-state index is 12.9. The quantitative estimate of drug-likeness (QED) is 0.679. The van der Waals surface area contributed by atoms with Crippen LogP contribution in [0.2, 0.25) is 0 Å². The van der Waals surface area contributed by atoms with Gasteiger partial charge in [0.05, 0.1) is 11.6 Å². The SMILES string of the molecule is CC(=O)N1CC(C2=NC3NC=CC(C4CCN(C(=O)c5ccc(OC(F)(F)F)cc5)CC4)=C3N2)C1. The maximum absolute atomic E-state index is 12.9. The van der Waals surface area contributed by atoms with Crippen molar-refractivity contribution in [2.75, 3.05) is 26.2 Å². The number of dihydropyridines is 1. The molecule has 1 aromatic rings. The first-order valence-corrected chi connectivity index (χ1v) is 11.6. The summed E-state index contributed by atoms with van der Waals surface area (Å²) >= 11 is 0. The number of alkyl halides is 3. The molecule has 8 nitrogen and oxygen atoms in total. The number of aliphatic imine (C=N–C) groups is 1. The number of nitrogens with zero attached hydrogens (tertiary/aromatic N) is 3. The third-order valence-electron chi connectivity index (χ3n) is 6.90. The first kappa shape index (κ1) is 23.3. The smallest absolute Gasteiger partial charge is 0.406 e. The summed E-state index contributed by atoms with van der Waals surface area (Å²) in [6.45, 7) is 4.02. The molecule has 5 rings (SSSR count). The van der Waals surface area contributed by atoms with E-state index in [4.69, 9.17) is 4.99 Å². The van der Waals surface area contributed by atoms with E-state index < -0.39 is 6.36 Å². The van der Waals surface area contributed by atoms with Crippen molar-refractivity contribution < 1.29 is 27.5 Å². The minimum Gasteiger partial charge on any atom is -0.406 e. The van der Waals surface area contributed by atoms with Gasteiger partial charge in [-0.1, -0.05) is 0 Å². The van der Waals surface area contributed by atoms with Crippen LogP contribution in [0.3, 0.4) is 0 Å². The van der Waals surface area contributed by atoms with Gasteiger partial charge in [-0.3, -0.25) is 9.59 Å². The Hall–Kier alpha value is -3.50. The number of carbonyl (C=O) groups excluding carboxylic acids is 2. The van der Waals surface area contributed by atoms with E-state index in [2.05, 4.69) is 21.4 Å². The van der Waals surface area contributed by atoms with E-state index in [1.54, 1.807) is 16.7 Å². The molecule has 11 heteroatoms. The predicted molar refractivity (Wildman–Crippen MR) is 121 cm³/mol. The number of benzene rings is 1. The van der Waals surface area contributed by atoms with Crippen molar-refractivity contribution in [2.24, 2.45) is 16.8 Å². The fourth-order valence-corrected chi connectivity index (χ4v) is 4.96. The molecule has 1 aromatic carbocycles. The van der Waals surface area contributed by atoms with Crippen molar-refractivity contribution in [3.05, 3.63) is 53.4 Å². The minimum absolute atomic E-state index is 0.0730. The van der Waals surface area contributed by atoms with Crippen LogP contribution in [0, 0.1) is 11.8 Å². The van der Waals surface area contributed by atoms with Gasteiger partial charge in [0.25, 0.3) is 5.91 Å². The Morgan fingerprint density at radius 2 is 1.74 bits per heavy atom. The Morgan fingerprint density at radius 3 is 2.37 bits per heavy atom. The summed E-state index contributed by atoms with van der Waals surface area (Å²) < 4.78 is 40.9. The number of amidine groups is 1. The number of likely N-dealkylation sites (tertiary alicyclic amines) is 2. The summed E-state index contributed by atoms with van der Waals surface area (Å²) in [6, 6.07) is 5.02. The van der Waals surface area contributed by atoms with Gasteiger partial charge in [0.1, 0.15) is 11.6 Å². The van der Waals surface area contributed by atoms with Crippen LogP contribution in [0.15, 0.2) is 52.8 Å². The highest BCUT2D eigenvalue weighted by Crippen LogP contribution is 2.33. The molecule has 4 aliphatic heterocycles.